The minimum Gasteiger partial charge on any atom is -0.497 e. The third-order valence-corrected chi connectivity index (χ3v) is 5.61. The third kappa shape index (κ3) is 6.54. The van der Waals surface area contributed by atoms with Crippen molar-refractivity contribution < 1.29 is 22.7 Å². The molecule has 29 heavy (non-hydrogen) atoms. The Bertz CT molecular complexity index is 917. The van der Waals surface area contributed by atoms with Gasteiger partial charge in [-0.1, -0.05) is 11.6 Å². The molecule has 0 saturated carbocycles. The van der Waals surface area contributed by atoms with Crippen molar-refractivity contribution in [2.75, 3.05) is 24.3 Å². The van der Waals surface area contributed by atoms with Gasteiger partial charge in [-0.05, 0) is 62.4 Å². The number of nitrogens with zero attached hydrogens (tertiary/aromatic N) is 1. The van der Waals surface area contributed by atoms with Gasteiger partial charge in [0.15, 0.2) is 0 Å². The Morgan fingerprint density at radius 1 is 1.07 bits per heavy atom. The Morgan fingerprint density at radius 3 is 2.14 bits per heavy atom. The fourth-order valence-corrected chi connectivity index (χ4v) is 4.00. The number of amides is 1. The van der Waals surface area contributed by atoms with Crippen molar-refractivity contribution in [1.29, 1.82) is 0 Å². The number of rotatable bonds is 9. The van der Waals surface area contributed by atoms with Gasteiger partial charge in [0.05, 0.1) is 25.1 Å². The van der Waals surface area contributed by atoms with Crippen LogP contribution in [0, 0.1) is 0 Å². The number of carbonyl (C=O) groups is 1. The van der Waals surface area contributed by atoms with Gasteiger partial charge < -0.3 is 14.8 Å². The highest BCUT2D eigenvalue weighted by molar-refractivity contribution is 7.92. The molecular weight excluding hydrogens is 416 g/mol. The van der Waals surface area contributed by atoms with Crippen molar-refractivity contribution in [3.8, 4) is 11.5 Å². The summed E-state index contributed by atoms with van der Waals surface area (Å²) in [5.74, 6) is 0.922. The zero-order valence-electron chi connectivity index (χ0n) is 16.8. The molecule has 0 aliphatic rings. The van der Waals surface area contributed by atoms with Gasteiger partial charge in [-0.15, -0.1) is 0 Å². The van der Waals surface area contributed by atoms with Crippen LogP contribution >= 0.6 is 11.6 Å². The number of methoxy groups -OCH3 is 1. The topological polar surface area (TPSA) is 84.9 Å². The minimum atomic E-state index is -3.69. The van der Waals surface area contributed by atoms with Gasteiger partial charge in [0.25, 0.3) is 0 Å². The molecule has 1 N–H and O–H groups in total. The van der Waals surface area contributed by atoms with Crippen molar-refractivity contribution in [3.05, 3.63) is 53.6 Å². The SMILES string of the molecule is COc1ccc(OC[C@H](C)NC(=O)[C@@H](C)N(c2ccc(Cl)cc2)S(C)(=O)=O)cc1. The predicted molar refractivity (Wildman–Crippen MR) is 114 cm³/mol. The lowest BCUT2D eigenvalue weighted by Gasteiger charge is -2.29. The van der Waals surface area contributed by atoms with Crippen LogP contribution in [0.3, 0.4) is 0 Å². The van der Waals surface area contributed by atoms with E-state index in [0.717, 1.165) is 16.3 Å². The fraction of sp³-hybridized carbons (Fsp3) is 0.350. The quantitative estimate of drug-likeness (QED) is 0.647. The van der Waals surface area contributed by atoms with Crippen LogP contribution in [0.4, 0.5) is 5.69 Å². The largest absolute Gasteiger partial charge is 0.497 e. The summed E-state index contributed by atoms with van der Waals surface area (Å²) < 4.78 is 36.4. The molecule has 9 heteroatoms. The lowest BCUT2D eigenvalue weighted by atomic mass is 10.2. The molecule has 0 heterocycles. The molecular formula is C20H25ClN2O5S. The van der Waals surface area contributed by atoms with Crippen molar-refractivity contribution in [3.63, 3.8) is 0 Å². The molecule has 0 fully saturated rings. The smallest absolute Gasteiger partial charge is 0.243 e. The molecule has 2 aromatic rings. The monoisotopic (exact) mass is 440 g/mol. The summed E-state index contributed by atoms with van der Waals surface area (Å²) >= 11 is 5.88. The second kappa shape index (κ2) is 9.84. The molecule has 0 aliphatic carbocycles. The second-order valence-corrected chi connectivity index (χ2v) is 8.90. The maximum absolute atomic E-state index is 12.7. The van der Waals surface area contributed by atoms with Gasteiger partial charge in [-0.3, -0.25) is 9.10 Å². The van der Waals surface area contributed by atoms with E-state index in [0.29, 0.717) is 16.5 Å². The van der Waals surface area contributed by atoms with E-state index in [2.05, 4.69) is 5.32 Å². The summed E-state index contributed by atoms with van der Waals surface area (Å²) in [6.07, 6.45) is 1.06. The number of anilines is 1. The summed E-state index contributed by atoms with van der Waals surface area (Å²) in [4.78, 5) is 12.7. The third-order valence-electron chi connectivity index (χ3n) is 4.12. The van der Waals surface area contributed by atoms with Crippen LogP contribution in [0.25, 0.3) is 0 Å². The zero-order chi connectivity index (χ0) is 21.6. The van der Waals surface area contributed by atoms with Gasteiger partial charge >= 0.3 is 0 Å². The normalized spacial score (nSPS) is 13.3. The summed E-state index contributed by atoms with van der Waals surface area (Å²) in [6.45, 7) is 3.54. The molecule has 2 atom stereocenters. The molecule has 2 aromatic carbocycles. The van der Waals surface area contributed by atoms with Crippen LogP contribution in [-0.2, 0) is 14.8 Å². The molecule has 1 amide bonds. The van der Waals surface area contributed by atoms with Gasteiger partial charge in [0.2, 0.25) is 15.9 Å². The van der Waals surface area contributed by atoms with E-state index in [1.807, 2.05) is 0 Å². The molecule has 7 nitrogen and oxygen atoms in total. The first-order valence-electron chi connectivity index (χ1n) is 8.94. The number of carbonyl (C=O) groups excluding carboxylic acids is 1. The van der Waals surface area contributed by atoms with Crippen LogP contribution in [-0.4, -0.2) is 46.4 Å². The summed E-state index contributed by atoms with van der Waals surface area (Å²) in [5.41, 5.74) is 0.363. The molecule has 2 rings (SSSR count). The summed E-state index contributed by atoms with van der Waals surface area (Å²) in [7, 11) is -2.10. The first-order valence-corrected chi connectivity index (χ1v) is 11.2. The van der Waals surface area contributed by atoms with E-state index in [-0.39, 0.29) is 12.6 Å². The van der Waals surface area contributed by atoms with E-state index in [1.54, 1.807) is 62.6 Å². The van der Waals surface area contributed by atoms with Crippen molar-refractivity contribution in [2.24, 2.45) is 0 Å². The molecule has 0 unspecified atom stereocenters. The van der Waals surface area contributed by atoms with E-state index >= 15 is 0 Å². The van der Waals surface area contributed by atoms with Crippen molar-refractivity contribution in [1.82, 2.24) is 5.32 Å². The first-order chi connectivity index (χ1) is 13.6. The maximum Gasteiger partial charge on any atom is 0.243 e. The number of nitrogens with one attached hydrogen (secondary N) is 1. The highest BCUT2D eigenvalue weighted by atomic mass is 35.5. The van der Waals surface area contributed by atoms with Crippen molar-refractivity contribution >= 4 is 33.2 Å². The molecule has 158 valence electrons. The molecule has 0 aliphatic heterocycles. The molecule has 0 aromatic heterocycles. The van der Waals surface area contributed by atoms with E-state index in [1.165, 1.54) is 6.92 Å². The molecule has 0 radical (unpaired) electrons. The van der Waals surface area contributed by atoms with Crippen LogP contribution in [0.15, 0.2) is 48.5 Å². The molecule has 0 spiro atoms. The Labute approximate surface area is 176 Å². The van der Waals surface area contributed by atoms with Gasteiger partial charge in [-0.2, -0.15) is 0 Å². The van der Waals surface area contributed by atoms with E-state index in [9.17, 15) is 13.2 Å². The lowest BCUT2D eigenvalue weighted by molar-refractivity contribution is -0.122. The van der Waals surface area contributed by atoms with Crippen LogP contribution in [0.5, 0.6) is 11.5 Å². The molecule has 0 bridgehead atoms. The van der Waals surface area contributed by atoms with Crippen LogP contribution in [0.2, 0.25) is 5.02 Å². The standard InChI is InChI=1S/C20H25ClN2O5S/c1-14(13-28-19-11-9-18(27-3)10-12-19)22-20(24)15(2)23(29(4,25)26)17-7-5-16(21)6-8-17/h5-12,14-15H,13H2,1-4H3,(H,22,24)/t14-,15+/m0/s1. The highest BCUT2D eigenvalue weighted by Gasteiger charge is 2.29. The predicted octanol–water partition coefficient (Wildman–Crippen LogP) is 3.09. The van der Waals surface area contributed by atoms with Gasteiger partial charge in [-0.25, -0.2) is 8.42 Å². The fourth-order valence-electron chi connectivity index (χ4n) is 2.70. The first kappa shape index (κ1) is 22.8. The number of hydrogen-bond donors (Lipinski definition) is 1. The Morgan fingerprint density at radius 2 is 1.62 bits per heavy atom. The minimum absolute atomic E-state index is 0.227. The zero-order valence-corrected chi connectivity index (χ0v) is 18.3. The maximum atomic E-state index is 12.7. The van der Waals surface area contributed by atoms with E-state index < -0.39 is 22.0 Å². The van der Waals surface area contributed by atoms with Crippen molar-refractivity contribution in [2.45, 2.75) is 25.9 Å². The highest BCUT2D eigenvalue weighted by Crippen LogP contribution is 2.23. The number of benzene rings is 2. The summed E-state index contributed by atoms with van der Waals surface area (Å²) in [6, 6.07) is 12.1. The molecule has 0 saturated heterocycles. The lowest BCUT2D eigenvalue weighted by Crippen LogP contribution is -2.50. The van der Waals surface area contributed by atoms with Crippen LogP contribution in [0.1, 0.15) is 13.8 Å². The Kier molecular flexibility index (Phi) is 7.75. The van der Waals surface area contributed by atoms with Crippen LogP contribution < -0.4 is 19.1 Å². The number of ether oxygens (including phenoxy) is 2. The Balaban J connectivity index is 2.01. The number of sulfonamides is 1. The van der Waals surface area contributed by atoms with Gasteiger partial charge in [0.1, 0.15) is 24.1 Å². The summed E-state index contributed by atoms with van der Waals surface area (Å²) in [5, 5.41) is 3.26. The second-order valence-electron chi connectivity index (χ2n) is 6.61. The van der Waals surface area contributed by atoms with E-state index in [4.69, 9.17) is 21.1 Å². The Hall–Kier alpha value is -2.45. The number of hydrogen-bond acceptors (Lipinski definition) is 5. The average molecular weight is 441 g/mol. The number of halogens is 1. The average Bonchev–Trinajstić information content (AvgIpc) is 2.67. The van der Waals surface area contributed by atoms with Gasteiger partial charge in [0, 0.05) is 5.02 Å².